The van der Waals surface area contributed by atoms with Gasteiger partial charge in [0.05, 0.1) is 6.54 Å². The van der Waals surface area contributed by atoms with Crippen LogP contribution in [-0.2, 0) is 14.4 Å². The lowest BCUT2D eigenvalue weighted by Gasteiger charge is -2.49. The highest BCUT2D eigenvalue weighted by Crippen LogP contribution is 2.31. The lowest BCUT2D eigenvalue weighted by Crippen LogP contribution is -2.72. The minimum absolute atomic E-state index is 0.0352. The van der Waals surface area contributed by atoms with E-state index in [-0.39, 0.29) is 30.1 Å². The molecular weight excluding hydrogens is 220 g/mol. The van der Waals surface area contributed by atoms with Crippen molar-refractivity contribution in [3.8, 4) is 0 Å². The largest absolute Gasteiger partial charge is 0.342 e. The van der Waals surface area contributed by atoms with E-state index in [1.807, 2.05) is 13.8 Å². The summed E-state index contributed by atoms with van der Waals surface area (Å²) in [6.45, 7) is 5.59. The summed E-state index contributed by atoms with van der Waals surface area (Å²) >= 11 is 0. The van der Waals surface area contributed by atoms with E-state index in [0.717, 1.165) is 0 Å². The van der Waals surface area contributed by atoms with Crippen molar-refractivity contribution in [1.82, 2.24) is 10.2 Å². The number of hydrogen-bond acceptors (Lipinski definition) is 3. The van der Waals surface area contributed by atoms with Crippen LogP contribution in [0.3, 0.4) is 0 Å². The number of amides is 2. The maximum absolute atomic E-state index is 12.3. The first-order valence-corrected chi connectivity index (χ1v) is 6.00. The fourth-order valence-electron chi connectivity index (χ4n) is 2.48. The number of piperazine rings is 1. The van der Waals surface area contributed by atoms with Crippen molar-refractivity contribution in [3.05, 3.63) is 0 Å². The predicted octanol–water partition coefficient (Wildman–Crippen LogP) is 0.0910. The zero-order valence-electron chi connectivity index (χ0n) is 10.4. The summed E-state index contributed by atoms with van der Waals surface area (Å²) in [6.07, 6.45) is 0.800. The van der Waals surface area contributed by atoms with Gasteiger partial charge in [-0.15, -0.1) is 0 Å². The number of fused-ring (bicyclic) bond motifs is 1. The summed E-state index contributed by atoms with van der Waals surface area (Å²) < 4.78 is 0. The first-order valence-electron chi connectivity index (χ1n) is 6.00. The van der Waals surface area contributed by atoms with Crippen LogP contribution >= 0.6 is 0 Å². The van der Waals surface area contributed by atoms with Gasteiger partial charge in [0.25, 0.3) is 0 Å². The number of hydrogen-bond donors (Lipinski definition) is 1. The van der Waals surface area contributed by atoms with Crippen molar-refractivity contribution >= 4 is 17.6 Å². The fraction of sp³-hybridized carbons (Fsp3) is 0.750. The number of carbonyl (C=O) groups is 3. The van der Waals surface area contributed by atoms with Gasteiger partial charge in [-0.1, -0.05) is 13.8 Å². The number of ketones is 1. The highest BCUT2D eigenvalue weighted by Gasteiger charge is 2.52. The molecule has 2 rings (SSSR count). The molecule has 2 aliphatic heterocycles. The van der Waals surface area contributed by atoms with Crippen LogP contribution in [0.4, 0.5) is 0 Å². The minimum atomic E-state index is -0.837. The van der Waals surface area contributed by atoms with Gasteiger partial charge in [-0.05, 0) is 19.3 Å². The molecule has 0 unspecified atom stereocenters. The quantitative estimate of drug-likeness (QED) is 0.704. The molecule has 0 spiro atoms. The van der Waals surface area contributed by atoms with Crippen molar-refractivity contribution in [2.45, 2.75) is 45.2 Å². The average Bonchev–Trinajstić information content (AvgIpc) is 2.26. The van der Waals surface area contributed by atoms with Crippen molar-refractivity contribution in [2.75, 3.05) is 6.54 Å². The Morgan fingerprint density at radius 2 is 2.00 bits per heavy atom. The van der Waals surface area contributed by atoms with E-state index < -0.39 is 11.6 Å². The van der Waals surface area contributed by atoms with Crippen molar-refractivity contribution in [2.24, 2.45) is 5.92 Å². The molecule has 0 aromatic heterocycles. The van der Waals surface area contributed by atoms with Crippen molar-refractivity contribution in [1.29, 1.82) is 0 Å². The zero-order chi connectivity index (χ0) is 12.8. The monoisotopic (exact) mass is 238 g/mol. The topological polar surface area (TPSA) is 66.5 Å². The SMILES string of the molecule is CC(C)[C@H]1NC(=O)[C@]2(C)CCC(=O)CN2C1=O. The van der Waals surface area contributed by atoms with Crippen LogP contribution in [0.2, 0.25) is 0 Å². The lowest BCUT2D eigenvalue weighted by atomic mass is 9.82. The van der Waals surface area contributed by atoms with Gasteiger partial charge in [-0.25, -0.2) is 0 Å². The van der Waals surface area contributed by atoms with E-state index in [2.05, 4.69) is 5.32 Å². The second-order valence-corrected chi connectivity index (χ2v) is 5.43. The summed E-state index contributed by atoms with van der Waals surface area (Å²) in [6, 6.07) is -0.499. The molecule has 1 N–H and O–H groups in total. The summed E-state index contributed by atoms with van der Waals surface area (Å²) in [5.74, 6) is -0.195. The number of nitrogens with zero attached hydrogens (tertiary/aromatic N) is 1. The molecular formula is C12H18N2O3. The summed E-state index contributed by atoms with van der Waals surface area (Å²) in [4.78, 5) is 37.3. The van der Waals surface area contributed by atoms with Gasteiger partial charge in [0.1, 0.15) is 11.6 Å². The molecule has 2 heterocycles. The number of nitrogens with one attached hydrogen (secondary N) is 1. The Morgan fingerprint density at radius 1 is 1.35 bits per heavy atom. The molecule has 0 aliphatic carbocycles. The number of piperidine rings is 1. The first kappa shape index (κ1) is 12.1. The van der Waals surface area contributed by atoms with Crippen LogP contribution in [0, 0.1) is 5.92 Å². The molecule has 0 aromatic carbocycles. The number of Topliss-reactive ketones (excluding diaryl/α,β-unsaturated/α-hetero) is 1. The van der Waals surface area contributed by atoms with Crippen LogP contribution in [0.5, 0.6) is 0 Å². The van der Waals surface area contributed by atoms with Gasteiger partial charge in [-0.3, -0.25) is 14.4 Å². The van der Waals surface area contributed by atoms with Crippen LogP contribution in [-0.4, -0.2) is 40.6 Å². The van der Waals surface area contributed by atoms with Crippen LogP contribution in [0.1, 0.15) is 33.6 Å². The Balaban J connectivity index is 2.33. The molecule has 2 saturated heterocycles. The van der Waals surface area contributed by atoms with Gasteiger partial charge in [0.2, 0.25) is 11.8 Å². The third-order valence-corrected chi connectivity index (χ3v) is 3.80. The molecule has 94 valence electrons. The minimum Gasteiger partial charge on any atom is -0.342 e. The van der Waals surface area contributed by atoms with Gasteiger partial charge < -0.3 is 10.2 Å². The molecule has 5 nitrogen and oxygen atoms in total. The van der Waals surface area contributed by atoms with Crippen molar-refractivity contribution in [3.63, 3.8) is 0 Å². The van der Waals surface area contributed by atoms with E-state index >= 15 is 0 Å². The third kappa shape index (κ3) is 1.73. The van der Waals surface area contributed by atoms with E-state index in [0.29, 0.717) is 12.8 Å². The molecule has 0 bridgehead atoms. The van der Waals surface area contributed by atoms with Gasteiger partial charge in [0.15, 0.2) is 5.78 Å². The highest BCUT2D eigenvalue weighted by molar-refractivity contribution is 6.03. The van der Waals surface area contributed by atoms with E-state index in [9.17, 15) is 14.4 Å². The second kappa shape index (κ2) is 3.82. The smallest absolute Gasteiger partial charge is 0.246 e. The van der Waals surface area contributed by atoms with Crippen LogP contribution in [0.25, 0.3) is 0 Å². The van der Waals surface area contributed by atoms with Crippen LogP contribution in [0.15, 0.2) is 0 Å². The molecule has 2 atom stereocenters. The Bertz CT molecular complexity index is 391. The fourth-order valence-corrected chi connectivity index (χ4v) is 2.48. The van der Waals surface area contributed by atoms with Crippen molar-refractivity contribution < 1.29 is 14.4 Å². The summed E-state index contributed by atoms with van der Waals surface area (Å²) in [7, 11) is 0. The number of rotatable bonds is 1. The molecule has 0 aromatic rings. The van der Waals surface area contributed by atoms with E-state index in [1.54, 1.807) is 6.92 Å². The molecule has 5 heteroatoms. The maximum Gasteiger partial charge on any atom is 0.246 e. The summed E-state index contributed by atoms with van der Waals surface area (Å²) in [5, 5.41) is 2.78. The molecule has 2 aliphatic rings. The Kier molecular flexibility index (Phi) is 2.72. The van der Waals surface area contributed by atoms with E-state index in [1.165, 1.54) is 4.90 Å². The lowest BCUT2D eigenvalue weighted by molar-refractivity contribution is -0.162. The Morgan fingerprint density at radius 3 is 2.59 bits per heavy atom. The van der Waals surface area contributed by atoms with Gasteiger partial charge in [-0.2, -0.15) is 0 Å². The normalized spacial score (nSPS) is 33.8. The average molecular weight is 238 g/mol. The molecule has 0 saturated carbocycles. The maximum atomic E-state index is 12.3. The molecule has 2 amide bonds. The Hall–Kier alpha value is -1.39. The standard InChI is InChI=1S/C12H18N2O3/c1-7(2)9-10(16)14-6-8(15)4-5-12(14,3)11(17)13-9/h7,9H,4-6H2,1-3H3,(H,13,17)/t9-,12+/m1/s1. The molecule has 2 fully saturated rings. The van der Waals surface area contributed by atoms with Gasteiger partial charge >= 0.3 is 0 Å². The predicted molar refractivity (Wildman–Crippen MR) is 61.1 cm³/mol. The zero-order valence-corrected chi connectivity index (χ0v) is 10.4. The Labute approximate surface area is 101 Å². The van der Waals surface area contributed by atoms with E-state index in [4.69, 9.17) is 0 Å². The second-order valence-electron chi connectivity index (χ2n) is 5.43. The third-order valence-electron chi connectivity index (χ3n) is 3.80. The molecule has 17 heavy (non-hydrogen) atoms. The molecule has 0 radical (unpaired) electrons. The first-order chi connectivity index (χ1) is 7.86. The number of carbonyl (C=O) groups excluding carboxylic acids is 3. The highest BCUT2D eigenvalue weighted by atomic mass is 16.2. The summed E-state index contributed by atoms with van der Waals surface area (Å²) in [5.41, 5.74) is -0.837. The van der Waals surface area contributed by atoms with Crippen LogP contribution < -0.4 is 5.32 Å². The van der Waals surface area contributed by atoms with Gasteiger partial charge in [0, 0.05) is 6.42 Å².